The summed E-state index contributed by atoms with van der Waals surface area (Å²) >= 11 is 0. The molecule has 1 amide bonds. The van der Waals surface area contributed by atoms with Crippen molar-refractivity contribution in [2.45, 2.75) is 19.8 Å². The topological polar surface area (TPSA) is 90.2 Å². The Bertz CT molecular complexity index is 617. The largest absolute Gasteiger partial charge is 0.508 e. The molecule has 0 aliphatic carbocycles. The predicted molar refractivity (Wildman–Crippen MR) is 77.8 cm³/mol. The monoisotopic (exact) mass is 288 g/mol. The van der Waals surface area contributed by atoms with Gasteiger partial charge in [0.2, 0.25) is 0 Å². The summed E-state index contributed by atoms with van der Waals surface area (Å²) in [6.07, 6.45) is 2.05. The maximum atomic E-state index is 12.2. The van der Waals surface area contributed by atoms with Crippen molar-refractivity contribution in [3.8, 4) is 5.75 Å². The molecule has 2 rings (SSSR count). The van der Waals surface area contributed by atoms with Gasteiger partial charge >= 0.3 is 5.97 Å². The van der Waals surface area contributed by atoms with Crippen LogP contribution in [-0.4, -0.2) is 39.4 Å². The molecule has 1 aliphatic rings. The smallest absolute Gasteiger partial charge is 0.303 e. The molecule has 0 radical (unpaired) electrons. The number of nitrogens with zero attached hydrogens (tertiary/aromatic N) is 2. The molecule has 2 N–H and O–H groups in total. The van der Waals surface area contributed by atoms with Crippen LogP contribution >= 0.6 is 0 Å². The van der Waals surface area contributed by atoms with E-state index in [0.29, 0.717) is 24.5 Å². The number of carbonyl (C=O) groups is 2. The Morgan fingerprint density at radius 2 is 2.00 bits per heavy atom. The predicted octanol–water partition coefficient (Wildman–Crippen LogP) is 1.86. The highest BCUT2D eigenvalue weighted by molar-refractivity contribution is 6.13. The molecule has 0 saturated carbocycles. The van der Waals surface area contributed by atoms with Gasteiger partial charge in [-0.3, -0.25) is 14.5 Å². The van der Waals surface area contributed by atoms with E-state index in [4.69, 9.17) is 5.11 Å². The van der Waals surface area contributed by atoms with E-state index in [1.54, 1.807) is 25.1 Å². The number of rotatable bonds is 5. The van der Waals surface area contributed by atoms with Gasteiger partial charge in [0, 0.05) is 13.0 Å². The first kappa shape index (κ1) is 14.8. The first-order valence-corrected chi connectivity index (χ1v) is 6.57. The van der Waals surface area contributed by atoms with Gasteiger partial charge in [-0.05, 0) is 37.1 Å². The summed E-state index contributed by atoms with van der Waals surface area (Å²) in [5.74, 6) is -0.387. The van der Waals surface area contributed by atoms with Gasteiger partial charge in [-0.25, -0.2) is 4.99 Å². The van der Waals surface area contributed by atoms with Crippen LogP contribution in [0.3, 0.4) is 0 Å². The molecule has 1 aliphatic heterocycles. The summed E-state index contributed by atoms with van der Waals surface area (Å²) in [5.41, 5.74) is 1.08. The van der Waals surface area contributed by atoms with E-state index < -0.39 is 5.97 Å². The second kappa shape index (κ2) is 6.21. The number of hydrogen-bond donors (Lipinski definition) is 2. The number of amides is 1. The lowest BCUT2D eigenvalue weighted by Gasteiger charge is -2.14. The lowest BCUT2D eigenvalue weighted by molar-refractivity contribution is -0.137. The van der Waals surface area contributed by atoms with Crippen molar-refractivity contribution in [3.63, 3.8) is 0 Å². The third-order valence-corrected chi connectivity index (χ3v) is 3.11. The zero-order valence-corrected chi connectivity index (χ0v) is 11.6. The molecule has 21 heavy (non-hydrogen) atoms. The number of aliphatic carboxylic acids is 1. The first-order valence-electron chi connectivity index (χ1n) is 6.57. The minimum atomic E-state index is -0.879. The van der Waals surface area contributed by atoms with E-state index >= 15 is 0 Å². The van der Waals surface area contributed by atoms with Crippen LogP contribution in [0.15, 0.2) is 35.0 Å². The third kappa shape index (κ3) is 3.68. The molecule has 0 aromatic heterocycles. The van der Waals surface area contributed by atoms with Gasteiger partial charge in [0.1, 0.15) is 17.3 Å². The SMILES string of the molecule is CC1=N/C(=C\c2ccc(O)cc2)C(=O)N1CCCC(=O)O. The second-order valence-electron chi connectivity index (χ2n) is 4.73. The van der Waals surface area contributed by atoms with Crippen molar-refractivity contribution < 1.29 is 19.8 Å². The number of phenolic OH excluding ortho intramolecular Hbond substituents is 1. The van der Waals surface area contributed by atoms with Gasteiger partial charge in [0.25, 0.3) is 5.91 Å². The fraction of sp³-hybridized carbons (Fsp3) is 0.267. The molecule has 1 aromatic carbocycles. The molecule has 0 spiro atoms. The second-order valence-corrected chi connectivity index (χ2v) is 4.73. The average Bonchev–Trinajstić information content (AvgIpc) is 2.68. The van der Waals surface area contributed by atoms with Crippen molar-refractivity contribution in [2.75, 3.05) is 6.54 Å². The Kier molecular flexibility index (Phi) is 4.37. The Labute approximate surface area is 122 Å². The number of benzene rings is 1. The van der Waals surface area contributed by atoms with Crippen molar-refractivity contribution >= 4 is 23.8 Å². The molecule has 0 saturated heterocycles. The molecule has 0 atom stereocenters. The lowest BCUT2D eigenvalue weighted by atomic mass is 10.2. The Hall–Kier alpha value is -2.63. The highest BCUT2D eigenvalue weighted by Crippen LogP contribution is 2.20. The summed E-state index contributed by atoms with van der Waals surface area (Å²) in [7, 11) is 0. The molecule has 110 valence electrons. The van der Waals surface area contributed by atoms with E-state index in [1.165, 1.54) is 17.0 Å². The number of amidine groups is 1. The van der Waals surface area contributed by atoms with Crippen LogP contribution < -0.4 is 0 Å². The third-order valence-electron chi connectivity index (χ3n) is 3.11. The number of hydrogen-bond acceptors (Lipinski definition) is 4. The van der Waals surface area contributed by atoms with E-state index in [0.717, 1.165) is 5.56 Å². The fourth-order valence-electron chi connectivity index (χ4n) is 2.04. The first-order chi connectivity index (χ1) is 9.97. The molecule has 0 bridgehead atoms. The van der Waals surface area contributed by atoms with Crippen molar-refractivity contribution in [2.24, 2.45) is 4.99 Å². The molecule has 6 nitrogen and oxygen atoms in total. The lowest BCUT2D eigenvalue weighted by Crippen LogP contribution is -2.31. The average molecular weight is 288 g/mol. The number of aliphatic imine (C=N–C) groups is 1. The number of carboxylic acids is 1. The Morgan fingerprint density at radius 3 is 2.62 bits per heavy atom. The maximum absolute atomic E-state index is 12.2. The molecule has 1 aromatic rings. The zero-order valence-electron chi connectivity index (χ0n) is 11.6. The zero-order chi connectivity index (χ0) is 15.4. The minimum absolute atomic E-state index is 0.0219. The molecule has 6 heteroatoms. The van der Waals surface area contributed by atoms with Crippen molar-refractivity contribution in [1.29, 1.82) is 0 Å². The van der Waals surface area contributed by atoms with E-state index in [9.17, 15) is 14.7 Å². The van der Waals surface area contributed by atoms with Gasteiger partial charge in [0.05, 0.1) is 0 Å². The van der Waals surface area contributed by atoms with Crippen LogP contribution in [-0.2, 0) is 9.59 Å². The molecular weight excluding hydrogens is 272 g/mol. The van der Waals surface area contributed by atoms with Crippen LogP contribution in [0, 0.1) is 0 Å². The molecule has 0 unspecified atom stereocenters. The van der Waals surface area contributed by atoms with Gasteiger partial charge < -0.3 is 10.2 Å². The molecule has 0 fully saturated rings. The standard InChI is InChI=1S/C15H16N2O4/c1-10-16-13(9-11-4-6-12(18)7-5-11)15(21)17(10)8-2-3-14(19)20/h4-7,9,18H,2-3,8H2,1H3,(H,19,20)/b13-9-. The van der Waals surface area contributed by atoms with Crippen LogP contribution in [0.2, 0.25) is 0 Å². The van der Waals surface area contributed by atoms with E-state index in [1.807, 2.05) is 0 Å². The van der Waals surface area contributed by atoms with Gasteiger partial charge in [0.15, 0.2) is 0 Å². The van der Waals surface area contributed by atoms with Crippen molar-refractivity contribution in [1.82, 2.24) is 4.90 Å². The highest BCUT2D eigenvalue weighted by Gasteiger charge is 2.26. The normalized spacial score (nSPS) is 16.4. The van der Waals surface area contributed by atoms with Gasteiger partial charge in [-0.2, -0.15) is 0 Å². The van der Waals surface area contributed by atoms with Crippen molar-refractivity contribution in [3.05, 3.63) is 35.5 Å². The Balaban J connectivity index is 2.08. The number of aromatic hydroxyl groups is 1. The number of phenols is 1. The Morgan fingerprint density at radius 1 is 1.33 bits per heavy atom. The van der Waals surface area contributed by atoms with Crippen LogP contribution in [0.1, 0.15) is 25.3 Å². The van der Waals surface area contributed by atoms with E-state index in [-0.39, 0.29) is 18.1 Å². The summed E-state index contributed by atoms with van der Waals surface area (Å²) in [6.45, 7) is 2.06. The van der Waals surface area contributed by atoms with E-state index in [2.05, 4.69) is 4.99 Å². The van der Waals surface area contributed by atoms with Crippen LogP contribution in [0.5, 0.6) is 5.75 Å². The summed E-state index contributed by atoms with van der Waals surface area (Å²) in [4.78, 5) is 28.4. The molecule has 1 heterocycles. The van der Waals surface area contributed by atoms with Gasteiger partial charge in [-0.1, -0.05) is 12.1 Å². The number of carboxylic acid groups (broad SMARTS) is 1. The summed E-state index contributed by atoms with van der Waals surface area (Å²) in [6, 6.07) is 6.45. The van der Waals surface area contributed by atoms with Gasteiger partial charge in [-0.15, -0.1) is 0 Å². The minimum Gasteiger partial charge on any atom is -0.508 e. The summed E-state index contributed by atoms with van der Waals surface area (Å²) in [5, 5.41) is 17.8. The highest BCUT2D eigenvalue weighted by atomic mass is 16.4. The quantitative estimate of drug-likeness (QED) is 0.809. The molecular formula is C15H16N2O4. The van der Waals surface area contributed by atoms with Crippen LogP contribution in [0.25, 0.3) is 6.08 Å². The fourth-order valence-corrected chi connectivity index (χ4v) is 2.04. The maximum Gasteiger partial charge on any atom is 0.303 e. The number of carbonyl (C=O) groups excluding carboxylic acids is 1. The summed E-state index contributed by atoms with van der Waals surface area (Å²) < 4.78 is 0. The van der Waals surface area contributed by atoms with Crippen LogP contribution in [0.4, 0.5) is 0 Å².